The first-order chi connectivity index (χ1) is 11.1. The number of rotatable bonds is 8. The van der Waals surface area contributed by atoms with Gasteiger partial charge in [0.1, 0.15) is 5.75 Å². The average molecular weight is 311 g/mol. The largest absolute Gasteiger partial charge is 0.508 e. The van der Waals surface area contributed by atoms with Gasteiger partial charge in [-0.15, -0.1) is 0 Å². The van der Waals surface area contributed by atoms with Gasteiger partial charge in [-0.25, -0.2) is 0 Å². The minimum atomic E-state index is -0.198. The molecule has 0 bridgehead atoms. The fourth-order valence-electron chi connectivity index (χ4n) is 3.35. The van der Waals surface area contributed by atoms with E-state index in [1.165, 1.54) is 5.56 Å². The van der Waals surface area contributed by atoms with Gasteiger partial charge < -0.3 is 10.4 Å². The minimum absolute atomic E-state index is 0.198. The predicted molar refractivity (Wildman–Crippen MR) is 97.6 cm³/mol. The first kappa shape index (κ1) is 17.6. The van der Waals surface area contributed by atoms with Crippen molar-refractivity contribution in [3.63, 3.8) is 0 Å². The molecule has 124 valence electrons. The first-order valence-corrected chi connectivity index (χ1v) is 8.74. The van der Waals surface area contributed by atoms with Crippen LogP contribution >= 0.6 is 0 Å². The van der Waals surface area contributed by atoms with E-state index in [2.05, 4.69) is 56.4 Å². The Morgan fingerprint density at radius 3 is 2.26 bits per heavy atom. The lowest BCUT2D eigenvalue weighted by Gasteiger charge is -2.38. The van der Waals surface area contributed by atoms with Crippen LogP contribution in [0, 0.1) is 0 Å². The number of phenols is 1. The molecule has 2 nitrogen and oxygen atoms in total. The SMILES string of the molecule is CCCC[C@@](CC)(N[C@H](C)c1ccccc1)c1ccccc1O. The molecule has 2 aromatic carbocycles. The maximum absolute atomic E-state index is 10.4. The van der Waals surface area contributed by atoms with Crippen LogP contribution in [0.4, 0.5) is 0 Å². The van der Waals surface area contributed by atoms with E-state index < -0.39 is 0 Å². The van der Waals surface area contributed by atoms with Crippen LogP contribution in [0.25, 0.3) is 0 Å². The average Bonchev–Trinajstić information content (AvgIpc) is 2.60. The molecule has 0 saturated carbocycles. The van der Waals surface area contributed by atoms with Crippen molar-refractivity contribution in [3.8, 4) is 5.75 Å². The van der Waals surface area contributed by atoms with Gasteiger partial charge in [-0.1, -0.05) is 75.2 Å². The van der Waals surface area contributed by atoms with Crippen LogP contribution in [-0.2, 0) is 5.54 Å². The molecule has 0 aliphatic carbocycles. The van der Waals surface area contributed by atoms with Crippen molar-refractivity contribution >= 4 is 0 Å². The van der Waals surface area contributed by atoms with Crippen LogP contribution in [0.3, 0.4) is 0 Å². The third-order valence-electron chi connectivity index (χ3n) is 4.77. The normalized spacial score (nSPS) is 15.1. The standard InChI is InChI=1S/C21H29NO/c1-4-6-16-21(5-2,19-14-10-11-15-20(19)23)22-17(3)18-12-8-7-9-13-18/h7-15,17,22-23H,4-6,16H2,1-3H3/t17-,21-/m1/s1. The molecule has 0 radical (unpaired) electrons. The van der Waals surface area contributed by atoms with Crippen LogP contribution in [0.2, 0.25) is 0 Å². The van der Waals surface area contributed by atoms with Gasteiger partial charge in [-0.05, 0) is 31.4 Å². The van der Waals surface area contributed by atoms with Gasteiger partial charge in [0.25, 0.3) is 0 Å². The third kappa shape index (κ3) is 4.14. The monoisotopic (exact) mass is 311 g/mol. The van der Waals surface area contributed by atoms with Crippen LogP contribution < -0.4 is 5.32 Å². The zero-order valence-corrected chi connectivity index (χ0v) is 14.5. The van der Waals surface area contributed by atoms with Gasteiger partial charge in [-0.3, -0.25) is 0 Å². The number of benzene rings is 2. The van der Waals surface area contributed by atoms with Crippen LogP contribution in [0.15, 0.2) is 54.6 Å². The number of nitrogens with one attached hydrogen (secondary N) is 1. The maximum atomic E-state index is 10.4. The molecule has 0 heterocycles. The van der Waals surface area contributed by atoms with E-state index in [1.807, 2.05) is 18.2 Å². The molecule has 0 amide bonds. The number of hydrogen-bond acceptors (Lipinski definition) is 2. The fraction of sp³-hybridized carbons (Fsp3) is 0.429. The Balaban J connectivity index is 2.35. The second-order valence-electron chi connectivity index (χ2n) is 6.33. The summed E-state index contributed by atoms with van der Waals surface area (Å²) in [5, 5.41) is 14.2. The molecule has 0 saturated heterocycles. The lowest BCUT2D eigenvalue weighted by Crippen LogP contribution is -2.43. The number of aromatic hydroxyl groups is 1. The van der Waals surface area contributed by atoms with Crippen molar-refractivity contribution in [1.29, 1.82) is 0 Å². The van der Waals surface area contributed by atoms with E-state index in [4.69, 9.17) is 0 Å². The van der Waals surface area contributed by atoms with Gasteiger partial charge in [0.15, 0.2) is 0 Å². The van der Waals surface area contributed by atoms with Crippen molar-refractivity contribution in [2.75, 3.05) is 0 Å². The fourth-order valence-corrected chi connectivity index (χ4v) is 3.35. The Labute approximate surface area is 140 Å². The van der Waals surface area contributed by atoms with Crippen molar-refractivity contribution in [1.82, 2.24) is 5.32 Å². The Kier molecular flexibility index (Phi) is 6.23. The van der Waals surface area contributed by atoms with Crippen LogP contribution in [0.5, 0.6) is 5.75 Å². The number of phenolic OH excluding ortho intramolecular Hbond substituents is 1. The molecule has 0 spiro atoms. The molecular weight excluding hydrogens is 282 g/mol. The van der Waals surface area contributed by atoms with Crippen molar-refractivity contribution in [2.24, 2.45) is 0 Å². The van der Waals surface area contributed by atoms with E-state index in [0.29, 0.717) is 5.75 Å². The minimum Gasteiger partial charge on any atom is -0.508 e. The second kappa shape index (κ2) is 8.16. The quantitative estimate of drug-likeness (QED) is 0.671. The highest BCUT2D eigenvalue weighted by Gasteiger charge is 2.33. The Morgan fingerprint density at radius 1 is 1.00 bits per heavy atom. The summed E-state index contributed by atoms with van der Waals surface area (Å²) < 4.78 is 0. The van der Waals surface area contributed by atoms with Crippen molar-refractivity contribution in [2.45, 2.75) is 58.0 Å². The van der Waals surface area contributed by atoms with E-state index in [0.717, 1.165) is 31.2 Å². The van der Waals surface area contributed by atoms with Gasteiger partial charge in [0, 0.05) is 17.1 Å². The summed E-state index contributed by atoms with van der Waals surface area (Å²) in [4.78, 5) is 0. The molecule has 0 fully saturated rings. The summed E-state index contributed by atoms with van der Waals surface area (Å²) in [6.07, 6.45) is 4.25. The highest BCUT2D eigenvalue weighted by molar-refractivity contribution is 5.38. The zero-order valence-electron chi connectivity index (χ0n) is 14.5. The molecule has 2 N–H and O–H groups in total. The summed E-state index contributed by atoms with van der Waals surface area (Å²) in [6.45, 7) is 6.62. The molecule has 0 unspecified atom stereocenters. The Hall–Kier alpha value is -1.80. The highest BCUT2D eigenvalue weighted by Crippen LogP contribution is 2.38. The lowest BCUT2D eigenvalue weighted by atomic mass is 9.81. The highest BCUT2D eigenvalue weighted by atomic mass is 16.3. The van der Waals surface area contributed by atoms with Gasteiger partial charge in [-0.2, -0.15) is 0 Å². The van der Waals surface area contributed by atoms with Gasteiger partial charge >= 0.3 is 0 Å². The summed E-state index contributed by atoms with van der Waals surface area (Å²) in [5.74, 6) is 0.387. The van der Waals surface area contributed by atoms with Crippen molar-refractivity contribution in [3.05, 3.63) is 65.7 Å². The molecule has 2 rings (SSSR count). The van der Waals surface area contributed by atoms with E-state index in [-0.39, 0.29) is 11.6 Å². The number of hydrogen-bond donors (Lipinski definition) is 2. The Morgan fingerprint density at radius 2 is 1.65 bits per heavy atom. The van der Waals surface area contributed by atoms with Crippen molar-refractivity contribution < 1.29 is 5.11 Å². The first-order valence-electron chi connectivity index (χ1n) is 8.74. The molecule has 0 aliphatic heterocycles. The third-order valence-corrected chi connectivity index (χ3v) is 4.77. The number of unbranched alkanes of at least 4 members (excludes halogenated alkanes) is 1. The zero-order chi connectivity index (χ0) is 16.7. The molecule has 0 aliphatic rings. The Bertz CT molecular complexity index is 596. The summed E-state index contributed by atoms with van der Waals surface area (Å²) in [7, 11) is 0. The number of para-hydroxylation sites is 1. The summed E-state index contributed by atoms with van der Waals surface area (Å²) >= 11 is 0. The van der Waals surface area contributed by atoms with E-state index in [1.54, 1.807) is 6.07 Å². The maximum Gasteiger partial charge on any atom is 0.120 e. The van der Waals surface area contributed by atoms with E-state index >= 15 is 0 Å². The summed E-state index contributed by atoms with van der Waals surface area (Å²) in [5.41, 5.74) is 2.09. The molecule has 23 heavy (non-hydrogen) atoms. The van der Waals surface area contributed by atoms with E-state index in [9.17, 15) is 5.11 Å². The predicted octanol–water partition coefficient (Wildman–Crippen LogP) is 5.54. The molecular formula is C21H29NO. The summed E-state index contributed by atoms with van der Waals surface area (Å²) in [6, 6.07) is 18.5. The molecule has 2 heteroatoms. The van der Waals surface area contributed by atoms with Crippen LogP contribution in [0.1, 0.15) is 63.6 Å². The molecule has 2 atom stereocenters. The molecule has 0 aromatic heterocycles. The van der Waals surface area contributed by atoms with Gasteiger partial charge in [0.2, 0.25) is 0 Å². The smallest absolute Gasteiger partial charge is 0.120 e. The topological polar surface area (TPSA) is 32.3 Å². The lowest BCUT2D eigenvalue weighted by molar-refractivity contribution is 0.252. The van der Waals surface area contributed by atoms with Crippen LogP contribution in [-0.4, -0.2) is 5.11 Å². The molecule has 2 aromatic rings. The second-order valence-corrected chi connectivity index (χ2v) is 6.33. The van der Waals surface area contributed by atoms with Gasteiger partial charge in [0.05, 0.1) is 0 Å².